The first-order valence-electron chi connectivity index (χ1n) is 6.88. The number of aromatic nitrogens is 3. The molecule has 0 saturated carbocycles. The molecule has 0 unspecified atom stereocenters. The van der Waals surface area contributed by atoms with Gasteiger partial charge >= 0.3 is 12.1 Å². The summed E-state index contributed by atoms with van der Waals surface area (Å²) in [6.07, 6.45) is 2.16. The molecule has 1 aliphatic rings. The summed E-state index contributed by atoms with van der Waals surface area (Å²) in [5, 5.41) is 13.0. The Morgan fingerprint density at radius 1 is 1.33 bits per heavy atom. The minimum atomic E-state index is -1.10. The Kier molecular flexibility index (Phi) is 4.15. The van der Waals surface area contributed by atoms with E-state index in [-0.39, 0.29) is 18.0 Å². The molecule has 8 heteroatoms. The number of nitrogens with zero attached hydrogens (tertiary/aromatic N) is 4. The smallest absolute Gasteiger partial charge is 0.410 e. The number of aromatic carboxylic acids is 1. The Labute approximate surface area is 122 Å². The SMILES string of the molecule is CC(C)(C)OC(=O)N1CCC(n2ncnc2C(=O)O)CC1. The zero-order valence-electron chi connectivity index (χ0n) is 12.4. The molecule has 21 heavy (non-hydrogen) atoms. The van der Waals surface area contributed by atoms with Gasteiger partial charge in [-0.25, -0.2) is 19.3 Å². The number of likely N-dealkylation sites (tertiary alicyclic amines) is 1. The number of ether oxygens (including phenoxy) is 1. The monoisotopic (exact) mass is 296 g/mol. The largest absolute Gasteiger partial charge is 0.475 e. The normalized spacial score (nSPS) is 16.8. The molecular weight excluding hydrogens is 276 g/mol. The molecule has 0 radical (unpaired) electrons. The predicted molar refractivity (Wildman–Crippen MR) is 73.1 cm³/mol. The Morgan fingerprint density at radius 3 is 2.48 bits per heavy atom. The molecule has 1 saturated heterocycles. The lowest BCUT2D eigenvalue weighted by Crippen LogP contribution is -2.42. The molecule has 2 heterocycles. The van der Waals surface area contributed by atoms with Crippen LogP contribution in [0, 0.1) is 0 Å². The second-order valence-electron chi connectivity index (χ2n) is 6.03. The molecular formula is C13H20N4O4. The molecule has 1 aromatic heterocycles. The van der Waals surface area contributed by atoms with Crippen molar-refractivity contribution in [2.45, 2.75) is 45.3 Å². The van der Waals surface area contributed by atoms with Crippen molar-refractivity contribution in [3.63, 3.8) is 0 Å². The Balaban J connectivity index is 1.96. The maximum atomic E-state index is 12.0. The van der Waals surface area contributed by atoms with E-state index in [0.717, 1.165) is 0 Å². The summed E-state index contributed by atoms with van der Waals surface area (Å²) in [5.74, 6) is -1.16. The van der Waals surface area contributed by atoms with Crippen LogP contribution in [-0.2, 0) is 4.74 Å². The maximum absolute atomic E-state index is 12.0. The highest BCUT2D eigenvalue weighted by molar-refractivity contribution is 5.83. The number of carbonyl (C=O) groups excluding carboxylic acids is 1. The van der Waals surface area contributed by atoms with Crippen molar-refractivity contribution < 1.29 is 19.4 Å². The first kappa shape index (κ1) is 15.3. The van der Waals surface area contributed by atoms with E-state index in [1.807, 2.05) is 20.8 Å². The van der Waals surface area contributed by atoms with Crippen LogP contribution in [0.3, 0.4) is 0 Å². The minimum Gasteiger partial charge on any atom is -0.475 e. The molecule has 1 aromatic rings. The van der Waals surface area contributed by atoms with Crippen LogP contribution in [0.1, 0.15) is 50.3 Å². The molecule has 116 valence electrons. The van der Waals surface area contributed by atoms with Gasteiger partial charge in [-0.1, -0.05) is 0 Å². The fraction of sp³-hybridized carbons (Fsp3) is 0.692. The third kappa shape index (κ3) is 3.71. The number of hydrogen-bond acceptors (Lipinski definition) is 5. The van der Waals surface area contributed by atoms with Crippen molar-refractivity contribution in [3.05, 3.63) is 12.2 Å². The standard InChI is InChI=1S/C13H20N4O4/c1-13(2,3)21-12(20)16-6-4-9(5-7-16)17-10(11(18)19)14-8-15-17/h8-9H,4-7H2,1-3H3,(H,18,19). The second kappa shape index (κ2) is 5.71. The summed E-state index contributed by atoms with van der Waals surface area (Å²) in [5.41, 5.74) is -0.518. The van der Waals surface area contributed by atoms with E-state index >= 15 is 0 Å². The third-order valence-corrected chi connectivity index (χ3v) is 3.23. The van der Waals surface area contributed by atoms with Crippen molar-refractivity contribution in [3.8, 4) is 0 Å². The molecule has 1 N–H and O–H groups in total. The molecule has 0 spiro atoms. The van der Waals surface area contributed by atoms with Crippen LogP contribution in [0.4, 0.5) is 4.79 Å². The number of hydrogen-bond donors (Lipinski definition) is 1. The lowest BCUT2D eigenvalue weighted by atomic mass is 10.1. The van der Waals surface area contributed by atoms with E-state index < -0.39 is 11.6 Å². The van der Waals surface area contributed by atoms with Crippen LogP contribution in [0.5, 0.6) is 0 Å². The van der Waals surface area contributed by atoms with Gasteiger partial charge in [-0.2, -0.15) is 5.10 Å². The average Bonchev–Trinajstić information content (AvgIpc) is 2.86. The van der Waals surface area contributed by atoms with Crippen molar-refractivity contribution in [1.29, 1.82) is 0 Å². The minimum absolute atomic E-state index is 0.0581. The van der Waals surface area contributed by atoms with Gasteiger partial charge in [0.05, 0.1) is 6.04 Å². The van der Waals surface area contributed by atoms with E-state index in [0.29, 0.717) is 25.9 Å². The highest BCUT2D eigenvalue weighted by Gasteiger charge is 2.29. The number of carboxylic acid groups (broad SMARTS) is 1. The highest BCUT2D eigenvalue weighted by atomic mass is 16.6. The summed E-state index contributed by atoms with van der Waals surface area (Å²) in [4.78, 5) is 28.4. The van der Waals surface area contributed by atoms with Crippen LogP contribution < -0.4 is 0 Å². The Morgan fingerprint density at radius 2 is 1.95 bits per heavy atom. The zero-order chi connectivity index (χ0) is 15.6. The summed E-state index contributed by atoms with van der Waals surface area (Å²) in [6.45, 7) is 6.50. The Hall–Kier alpha value is -2.12. The van der Waals surface area contributed by atoms with Gasteiger partial charge < -0.3 is 14.7 Å². The van der Waals surface area contributed by atoms with E-state index in [9.17, 15) is 9.59 Å². The first-order chi connectivity index (χ1) is 9.78. The molecule has 2 rings (SSSR count). The van der Waals surface area contributed by atoms with Gasteiger partial charge in [0.25, 0.3) is 0 Å². The zero-order valence-corrected chi connectivity index (χ0v) is 12.4. The summed E-state index contributed by atoms with van der Waals surface area (Å²) in [7, 11) is 0. The van der Waals surface area contributed by atoms with Gasteiger partial charge in [-0.3, -0.25) is 0 Å². The van der Waals surface area contributed by atoms with E-state index in [2.05, 4.69) is 10.1 Å². The predicted octanol–water partition coefficient (Wildman–Crippen LogP) is 1.55. The number of piperidine rings is 1. The van der Waals surface area contributed by atoms with Crippen molar-refractivity contribution >= 4 is 12.1 Å². The summed E-state index contributed by atoms with van der Waals surface area (Å²) >= 11 is 0. The molecule has 1 fully saturated rings. The summed E-state index contributed by atoms with van der Waals surface area (Å²) in [6, 6.07) is -0.0581. The fourth-order valence-electron chi connectivity index (χ4n) is 2.29. The number of carboxylic acids is 1. The van der Waals surface area contributed by atoms with E-state index in [1.54, 1.807) is 4.90 Å². The van der Waals surface area contributed by atoms with Gasteiger partial charge in [0, 0.05) is 13.1 Å². The first-order valence-corrected chi connectivity index (χ1v) is 6.88. The van der Waals surface area contributed by atoms with Gasteiger partial charge in [-0.05, 0) is 33.6 Å². The molecule has 0 atom stereocenters. The molecule has 0 aliphatic carbocycles. The number of amides is 1. The average molecular weight is 296 g/mol. The van der Waals surface area contributed by atoms with Gasteiger partial charge in [0.2, 0.25) is 5.82 Å². The molecule has 0 aromatic carbocycles. The van der Waals surface area contributed by atoms with E-state index in [4.69, 9.17) is 9.84 Å². The molecule has 0 bridgehead atoms. The van der Waals surface area contributed by atoms with Crippen LogP contribution >= 0.6 is 0 Å². The number of rotatable bonds is 2. The molecule has 1 aliphatic heterocycles. The van der Waals surface area contributed by atoms with Crippen LogP contribution in [0.15, 0.2) is 6.33 Å². The fourth-order valence-corrected chi connectivity index (χ4v) is 2.29. The lowest BCUT2D eigenvalue weighted by molar-refractivity contribution is 0.0181. The Bertz CT molecular complexity index is 527. The lowest BCUT2D eigenvalue weighted by Gasteiger charge is -2.33. The van der Waals surface area contributed by atoms with Crippen LogP contribution in [-0.4, -0.2) is 55.5 Å². The molecule has 1 amide bonds. The van der Waals surface area contributed by atoms with Gasteiger partial charge in [-0.15, -0.1) is 0 Å². The molecule has 8 nitrogen and oxygen atoms in total. The van der Waals surface area contributed by atoms with Crippen molar-refractivity contribution in [2.24, 2.45) is 0 Å². The van der Waals surface area contributed by atoms with Gasteiger partial charge in [0.15, 0.2) is 0 Å². The topological polar surface area (TPSA) is 97.5 Å². The second-order valence-corrected chi connectivity index (χ2v) is 6.03. The maximum Gasteiger partial charge on any atom is 0.410 e. The van der Waals surface area contributed by atoms with Gasteiger partial charge in [0.1, 0.15) is 11.9 Å². The van der Waals surface area contributed by atoms with Crippen molar-refractivity contribution in [1.82, 2.24) is 19.7 Å². The van der Waals surface area contributed by atoms with E-state index in [1.165, 1.54) is 11.0 Å². The quantitative estimate of drug-likeness (QED) is 0.889. The highest BCUT2D eigenvalue weighted by Crippen LogP contribution is 2.24. The summed E-state index contributed by atoms with van der Waals surface area (Å²) < 4.78 is 6.75. The third-order valence-electron chi connectivity index (χ3n) is 3.23. The van der Waals surface area contributed by atoms with Crippen LogP contribution in [0.2, 0.25) is 0 Å². The van der Waals surface area contributed by atoms with Crippen LogP contribution in [0.25, 0.3) is 0 Å². The number of carbonyl (C=O) groups is 2. The van der Waals surface area contributed by atoms with Crippen molar-refractivity contribution in [2.75, 3.05) is 13.1 Å².